The Balaban J connectivity index is 1.40. The molecule has 0 radical (unpaired) electrons. The minimum Gasteiger partial charge on any atom is -0.497 e. The summed E-state index contributed by atoms with van der Waals surface area (Å²) in [4.78, 5) is 17.5. The monoisotopic (exact) mass is 471 g/mol. The lowest BCUT2D eigenvalue weighted by Crippen LogP contribution is -2.11. The van der Waals surface area contributed by atoms with E-state index >= 15 is 0 Å². The van der Waals surface area contributed by atoms with E-state index in [0.29, 0.717) is 5.56 Å². The number of amides is 1. The number of carbonyl (C=O) groups excluding carboxylic acids is 1. The summed E-state index contributed by atoms with van der Waals surface area (Å²) < 4.78 is 5.28. The van der Waals surface area contributed by atoms with Gasteiger partial charge in [0.05, 0.1) is 12.8 Å². The van der Waals surface area contributed by atoms with Crippen molar-refractivity contribution in [3.63, 3.8) is 0 Å². The summed E-state index contributed by atoms with van der Waals surface area (Å²) in [7, 11) is 1.65. The van der Waals surface area contributed by atoms with Crippen LogP contribution in [-0.4, -0.2) is 18.0 Å². The third-order valence-corrected chi connectivity index (χ3v) is 6.28. The van der Waals surface area contributed by atoms with Crippen LogP contribution in [0.4, 0.5) is 16.5 Å². The van der Waals surface area contributed by atoms with Crippen molar-refractivity contribution in [2.75, 3.05) is 17.7 Å². The lowest BCUT2D eigenvalue weighted by Gasteiger charge is -2.08. The van der Waals surface area contributed by atoms with Gasteiger partial charge in [-0.15, -0.1) is 11.3 Å². The predicted octanol–water partition coefficient (Wildman–Crippen LogP) is 7.55. The highest BCUT2D eigenvalue weighted by Gasteiger charge is 2.09. The molecule has 0 unspecified atom stereocenters. The standard InChI is InChI=1S/C28H29N3O2S/c1-3-4-5-8-20-13-15-21(16-14-20)27(32)29-23-10-6-9-22(17-23)26-19-34-28(31-26)30-24-11-7-12-25(18-24)33-2/h6-7,9-19H,3-5,8H2,1-2H3,(H,29,32)(H,30,31). The molecule has 1 amide bonds. The van der Waals surface area contributed by atoms with Gasteiger partial charge in [0.2, 0.25) is 0 Å². The van der Waals surface area contributed by atoms with E-state index in [1.54, 1.807) is 7.11 Å². The van der Waals surface area contributed by atoms with Crippen LogP contribution in [0.15, 0.2) is 78.2 Å². The third kappa shape index (κ3) is 6.23. The van der Waals surface area contributed by atoms with Gasteiger partial charge in [0.15, 0.2) is 5.13 Å². The largest absolute Gasteiger partial charge is 0.497 e. The molecule has 4 aromatic rings. The molecular formula is C28H29N3O2S. The maximum absolute atomic E-state index is 12.7. The van der Waals surface area contributed by atoms with Gasteiger partial charge in [-0.25, -0.2) is 4.98 Å². The molecule has 0 aliphatic rings. The first-order valence-corrected chi connectivity index (χ1v) is 12.4. The van der Waals surface area contributed by atoms with Gasteiger partial charge in [-0.2, -0.15) is 0 Å². The van der Waals surface area contributed by atoms with Gasteiger partial charge in [0, 0.05) is 33.9 Å². The number of nitrogens with one attached hydrogen (secondary N) is 2. The van der Waals surface area contributed by atoms with Crippen LogP contribution in [0.1, 0.15) is 42.1 Å². The second-order valence-corrected chi connectivity index (χ2v) is 8.94. The fourth-order valence-corrected chi connectivity index (χ4v) is 4.39. The number of rotatable bonds is 10. The zero-order valence-corrected chi connectivity index (χ0v) is 20.3. The Hall–Kier alpha value is -3.64. The lowest BCUT2D eigenvalue weighted by atomic mass is 10.0. The number of ether oxygens (including phenoxy) is 1. The Labute approximate surface area is 204 Å². The van der Waals surface area contributed by atoms with E-state index in [2.05, 4.69) is 17.6 Å². The summed E-state index contributed by atoms with van der Waals surface area (Å²) in [6.07, 6.45) is 4.68. The molecular weight excluding hydrogens is 442 g/mol. The average Bonchev–Trinajstić information content (AvgIpc) is 3.33. The van der Waals surface area contributed by atoms with Crippen molar-refractivity contribution in [2.24, 2.45) is 0 Å². The summed E-state index contributed by atoms with van der Waals surface area (Å²) in [5, 5.41) is 9.11. The number of hydrogen-bond donors (Lipinski definition) is 2. The minimum absolute atomic E-state index is 0.115. The van der Waals surface area contributed by atoms with Gasteiger partial charge in [-0.05, 0) is 54.8 Å². The molecule has 0 saturated heterocycles. The van der Waals surface area contributed by atoms with Crippen LogP contribution < -0.4 is 15.4 Å². The van der Waals surface area contributed by atoms with Crippen LogP contribution in [0.25, 0.3) is 11.3 Å². The number of hydrogen-bond acceptors (Lipinski definition) is 5. The molecule has 0 spiro atoms. The Bertz CT molecular complexity index is 1230. The number of aryl methyl sites for hydroxylation is 1. The molecule has 0 atom stereocenters. The second-order valence-electron chi connectivity index (χ2n) is 8.08. The maximum Gasteiger partial charge on any atom is 0.255 e. The van der Waals surface area contributed by atoms with E-state index in [1.165, 1.54) is 36.2 Å². The molecule has 1 aromatic heterocycles. The smallest absolute Gasteiger partial charge is 0.255 e. The van der Waals surface area contributed by atoms with Crippen molar-refractivity contribution in [3.05, 3.63) is 89.3 Å². The molecule has 2 N–H and O–H groups in total. The van der Waals surface area contributed by atoms with E-state index in [0.717, 1.165) is 39.9 Å². The number of methoxy groups -OCH3 is 1. The van der Waals surface area contributed by atoms with Crippen LogP contribution in [0.3, 0.4) is 0 Å². The van der Waals surface area contributed by atoms with E-state index in [4.69, 9.17) is 9.72 Å². The van der Waals surface area contributed by atoms with E-state index in [9.17, 15) is 4.79 Å². The van der Waals surface area contributed by atoms with Gasteiger partial charge in [0.1, 0.15) is 5.75 Å². The second kappa shape index (κ2) is 11.5. The average molecular weight is 472 g/mol. The van der Waals surface area contributed by atoms with E-state index in [1.807, 2.05) is 78.2 Å². The number of thiazole rings is 1. The van der Waals surface area contributed by atoms with Crippen molar-refractivity contribution in [1.82, 2.24) is 4.98 Å². The number of anilines is 3. The summed E-state index contributed by atoms with van der Waals surface area (Å²) in [5.41, 5.74) is 5.38. The molecule has 6 heteroatoms. The first-order chi connectivity index (χ1) is 16.6. The van der Waals surface area contributed by atoms with Crippen LogP contribution in [0, 0.1) is 0 Å². The fourth-order valence-electron chi connectivity index (χ4n) is 3.65. The van der Waals surface area contributed by atoms with Gasteiger partial charge < -0.3 is 15.4 Å². The molecule has 3 aromatic carbocycles. The highest BCUT2D eigenvalue weighted by atomic mass is 32.1. The number of benzene rings is 3. The number of aromatic nitrogens is 1. The zero-order chi connectivity index (χ0) is 23.8. The third-order valence-electron chi connectivity index (χ3n) is 5.53. The van der Waals surface area contributed by atoms with Gasteiger partial charge in [-0.1, -0.05) is 50.1 Å². The van der Waals surface area contributed by atoms with Gasteiger partial charge in [0.25, 0.3) is 5.91 Å². The number of unbranched alkanes of at least 4 members (excludes halogenated alkanes) is 2. The molecule has 0 aliphatic heterocycles. The van der Waals surface area contributed by atoms with Crippen LogP contribution in [0.2, 0.25) is 0 Å². The van der Waals surface area contributed by atoms with Crippen molar-refractivity contribution in [2.45, 2.75) is 32.6 Å². The molecule has 4 rings (SSSR count). The highest BCUT2D eigenvalue weighted by Crippen LogP contribution is 2.29. The van der Waals surface area contributed by atoms with E-state index in [-0.39, 0.29) is 5.91 Å². The molecule has 5 nitrogen and oxygen atoms in total. The molecule has 1 heterocycles. The van der Waals surface area contributed by atoms with Crippen LogP contribution in [-0.2, 0) is 6.42 Å². The van der Waals surface area contributed by atoms with Crippen molar-refractivity contribution in [3.8, 4) is 17.0 Å². The molecule has 0 saturated carbocycles. The van der Waals surface area contributed by atoms with Gasteiger partial charge >= 0.3 is 0 Å². The summed E-state index contributed by atoms with van der Waals surface area (Å²) in [5.74, 6) is 0.673. The minimum atomic E-state index is -0.115. The predicted molar refractivity (Wildman–Crippen MR) is 141 cm³/mol. The molecule has 34 heavy (non-hydrogen) atoms. The maximum atomic E-state index is 12.7. The first kappa shape index (κ1) is 23.5. The Morgan fingerprint density at radius 1 is 0.971 bits per heavy atom. The molecule has 0 aliphatic carbocycles. The van der Waals surface area contributed by atoms with Crippen molar-refractivity contribution < 1.29 is 9.53 Å². The van der Waals surface area contributed by atoms with Crippen LogP contribution >= 0.6 is 11.3 Å². The fraction of sp³-hybridized carbons (Fsp3) is 0.214. The lowest BCUT2D eigenvalue weighted by molar-refractivity contribution is 0.102. The first-order valence-electron chi connectivity index (χ1n) is 11.5. The Morgan fingerprint density at radius 2 is 1.76 bits per heavy atom. The van der Waals surface area contributed by atoms with Crippen LogP contribution in [0.5, 0.6) is 5.75 Å². The summed E-state index contributed by atoms with van der Waals surface area (Å²) >= 11 is 1.53. The number of carbonyl (C=O) groups is 1. The topological polar surface area (TPSA) is 63.2 Å². The number of nitrogens with zero attached hydrogens (tertiary/aromatic N) is 1. The van der Waals surface area contributed by atoms with E-state index < -0.39 is 0 Å². The van der Waals surface area contributed by atoms with Gasteiger partial charge in [-0.3, -0.25) is 4.79 Å². The summed E-state index contributed by atoms with van der Waals surface area (Å²) in [6, 6.07) is 23.4. The zero-order valence-electron chi connectivity index (χ0n) is 19.5. The Kier molecular flexibility index (Phi) is 7.94. The quantitative estimate of drug-likeness (QED) is 0.234. The van der Waals surface area contributed by atoms with Crippen molar-refractivity contribution >= 4 is 33.8 Å². The highest BCUT2D eigenvalue weighted by molar-refractivity contribution is 7.14. The normalized spacial score (nSPS) is 10.6. The molecule has 0 bridgehead atoms. The van der Waals surface area contributed by atoms with Crippen molar-refractivity contribution in [1.29, 1.82) is 0 Å². The SMILES string of the molecule is CCCCCc1ccc(C(=O)Nc2cccc(-c3csc(Nc4cccc(OC)c4)n3)c2)cc1. The Morgan fingerprint density at radius 3 is 2.56 bits per heavy atom. The molecule has 0 fully saturated rings. The molecule has 174 valence electrons. The summed E-state index contributed by atoms with van der Waals surface area (Å²) in [6.45, 7) is 2.20.